The van der Waals surface area contributed by atoms with E-state index in [0.717, 1.165) is 18.4 Å². The van der Waals surface area contributed by atoms with Crippen molar-refractivity contribution in [1.29, 1.82) is 0 Å². The third kappa shape index (κ3) is 8.92. The van der Waals surface area contributed by atoms with Crippen LogP contribution in [0.1, 0.15) is 45.6 Å². The lowest BCUT2D eigenvalue weighted by Crippen LogP contribution is -2.23. The predicted octanol–water partition coefficient (Wildman–Crippen LogP) is 4.00. The first kappa shape index (κ1) is 17.3. The van der Waals surface area contributed by atoms with Crippen LogP contribution in [-0.4, -0.2) is 19.0 Å². The molecule has 0 atom stereocenters. The van der Waals surface area contributed by atoms with Crippen molar-refractivity contribution in [2.24, 2.45) is 0 Å². The van der Waals surface area contributed by atoms with Gasteiger partial charge in [-0.05, 0) is 32.4 Å². The summed E-state index contributed by atoms with van der Waals surface area (Å²) in [4.78, 5) is 0. The summed E-state index contributed by atoms with van der Waals surface area (Å²) in [5.74, 6) is 12.3. The van der Waals surface area contributed by atoms with Crippen LogP contribution in [0.4, 0.5) is 0 Å². The van der Waals surface area contributed by atoms with Gasteiger partial charge in [-0.25, -0.2) is 0 Å². The van der Waals surface area contributed by atoms with Crippen LogP contribution in [0.5, 0.6) is 0 Å². The number of unbranched alkanes of at least 4 members (excludes halogenated alkanes) is 2. The Balaban J connectivity index is 2.21. The lowest BCUT2D eigenvalue weighted by Gasteiger charge is -2.18. The van der Waals surface area contributed by atoms with Crippen LogP contribution >= 0.6 is 0 Å². The van der Waals surface area contributed by atoms with E-state index in [1.165, 1.54) is 6.42 Å². The summed E-state index contributed by atoms with van der Waals surface area (Å²) >= 11 is 0. The van der Waals surface area contributed by atoms with Gasteiger partial charge in [0.1, 0.15) is 19.0 Å². The largest absolute Gasteiger partial charge is 0.343 e. The van der Waals surface area contributed by atoms with Gasteiger partial charge >= 0.3 is 0 Å². The molecule has 0 aliphatic heterocycles. The molecule has 1 rings (SSSR count). The second kappa shape index (κ2) is 10.1. The molecule has 0 unspecified atom stereocenters. The normalized spacial score (nSPS) is 10.2. The van der Waals surface area contributed by atoms with Crippen molar-refractivity contribution in [3.8, 4) is 23.7 Å². The Morgan fingerprint density at radius 2 is 1.86 bits per heavy atom. The molecule has 0 aliphatic carbocycles. The van der Waals surface area contributed by atoms with Crippen LogP contribution in [0, 0.1) is 23.7 Å². The van der Waals surface area contributed by atoms with Crippen LogP contribution in [0.3, 0.4) is 0 Å². The van der Waals surface area contributed by atoms with Gasteiger partial charge in [0.15, 0.2) is 0 Å². The molecule has 2 nitrogen and oxygen atoms in total. The molecule has 0 heterocycles. The minimum absolute atomic E-state index is 0.207. The topological polar surface area (TPSA) is 18.5 Å². The zero-order valence-corrected chi connectivity index (χ0v) is 13.2. The predicted molar refractivity (Wildman–Crippen MR) is 86.6 cm³/mol. The molecule has 0 saturated heterocycles. The van der Waals surface area contributed by atoms with E-state index in [-0.39, 0.29) is 6.79 Å². The van der Waals surface area contributed by atoms with Crippen molar-refractivity contribution in [2.75, 3.05) is 13.4 Å². The Morgan fingerprint density at radius 3 is 2.57 bits per heavy atom. The number of ether oxygens (including phenoxy) is 2. The Labute approximate surface area is 128 Å². The van der Waals surface area contributed by atoms with E-state index >= 15 is 0 Å². The van der Waals surface area contributed by atoms with Crippen LogP contribution in [0.25, 0.3) is 0 Å². The van der Waals surface area contributed by atoms with Crippen LogP contribution in [-0.2, 0) is 9.47 Å². The molecule has 0 spiro atoms. The van der Waals surface area contributed by atoms with Crippen molar-refractivity contribution in [1.82, 2.24) is 0 Å². The van der Waals surface area contributed by atoms with E-state index in [0.29, 0.717) is 6.61 Å². The molecule has 0 bridgehead atoms. The highest BCUT2D eigenvalue weighted by Crippen LogP contribution is 2.07. The molecule has 112 valence electrons. The van der Waals surface area contributed by atoms with Gasteiger partial charge in [-0.1, -0.05) is 49.3 Å². The fourth-order valence-corrected chi connectivity index (χ4v) is 1.52. The van der Waals surface area contributed by atoms with Gasteiger partial charge in [0.25, 0.3) is 0 Å². The van der Waals surface area contributed by atoms with E-state index in [2.05, 4.69) is 30.6 Å². The first-order valence-corrected chi connectivity index (χ1v) is 7.40. The smallest absolute Gasteiger partial charge is 0.150 e. The van der Waals surface area contributed by atoms with E-state index in [1.807, 2.05) is 44.2 Å². The van der Waals surface area contributed by atoms with Crippen LogP contribution < -0.4 is 0 Å². The lowest BCUT2D eigenvalue weighted by atomic mass is 10.1. The zero-order chi connectivity index (χ0) is 15.4. The highest BCUT2D eigenvalue weighted by Gasteiger charge is 2.13. The standard InChI is InChI=1S/C19H24O2/c1-4-5-6-10-15-19(2,3)21-17-20-16-11-14-18-12-8-7-9-13-18/h7-9,12-13H,4-6,16-17H2,1-3H3. The van der Waals surface area contributed by atoms with E-state index in [9.17, 15) is 0 Å². The van der Waals surface area contributed by atoms with Gasteiger partial charge in [0.2, 0.25) is 0 Å². The molecule has 2 heteroatoms. The summed E-state index contributed by atoms with van der Waals surface area (Å²) in [6, 6.07) is 9.84. The SMILES string of the molecule is CCCCC#CC(C)(C)OCOCC#Cc1ccccc1. The molecule has 0 radical (unpaired) electrons. The lowest BCUT2D eigenvalue weighted by molar-refractivity contribution is -0.0960. The average Bonchev–Trinajstić information content (AvgIpc) is 2.48. The van der Waals surface area contributed by atoms with Gasteiger partial charge in [0.05, 0.1) is 0 Å². The molecule has 0 amide bonds. The Bertz CT molecular complexity index is 509. The van der Waals surface area contributed by atoms with Crippen molar-refractivity contribution in [3.05, 3.63) is 35.9 Å². The van der Waals surface area contributed by atoms with E-state index < -0.39 is 5.60 Å². The van der Waals surface area contributed by atoms with Gasteiger partial charge in [0, 0.05) is 12.0 Å². The van der Waals surface area contributed by atoms with Crippen LogP contribution in [0.2, 0.25) is 0 Å². The molecular weight excluding hydrogens is 260 g/mol. The van der Waals surface area contributed by atoms with Crippen molar-refractivity contribution in [2.45, 2.75) is 45.6 Å². The fraction of sp³-hybridized carbons (Fsp3) is 0.474. The first-order valence-electron chi connectivity index (χ1n) is 7.40. The molecule has 0 N–H and O–H groups in total. The van der Waals surface area contributed by atoms with E-state index in [1.54, 1.807) is 0 Å². The maximum absolute atomic E-state index is 5.60. The summed E-state index contributed by atoms with van der Waals surface area (Å²) in [5.41, 5.74) is 0.518. The minimum atomic E-state index is -0.472. The third-order valence-electron chi connectivity index (χ3n) is 2.73. The molecule has 0 saturated carbocycles. The van der Waals surface area contributed by atoms with Crippen molar-refractivity contribution in [3.63, 3.8) is 0 Å². The van der Waals surface area contributed by atoms with E-state index in [4.69, 9.17) is 9.47 Å². The highest BCUT2D eigenvalue weighted by atomic mass is 16.7. The summed E-state index contributed by atoms with van der Waals surface area (Å²) in [7, 11) is 0. The maximum atomic E-state index is 5.60. The summed E-state index contributed by atoms with van der Waals surface area (Å²) in [6.45, 7) is 6.62. The molecule has 0 fully saturated rings. The van der Waals surface area contributed by atoms with Crippen LogP contribution in [0.15, 0.2) is 30.3 Å². The highest BCUT2D eigenvalue weighted by molar-refractivity contribution is 5.33. The quantitative estimate of drug-likeness (QED) is 0.446. The second-order valence-corrected chi connectivity index (χ2v) is 5.19. The summed E-state index contributed by atoms with van der Waals surface area (Å²) in [5, 5.41) is 0. The second-order valence-electron chi connectivity index (χ2n) is 5.19. The Kier molecular flexibility index (Phi) is 8.29. The van der Waals surface area contributed by atoms with Gasteiger partial charge < -0.3 is 9.47 Å². The maximum Gasteiger partial charge on any atom is 0.150 e. The minimum Gasteiger partial charge on any atom is -0.343 e. The number of benzene rings is 1. The Morgan fingerprint density at radius 1 is 1.10 bits per heavy atom. The number of hydrogen-bond donors (Lipinski definition) is 0. The Hall–Kier alpha value is -1.74. The van der Waals surface area contributed by atoms with Gasteiger partial charge in [-0.3, -0.25) is 0 Å². The summed E-state index contributed by atoms with van der Waals surface area (Å²) < 4.78 is 11.0. The average molecular weight is 284 g/mol. The van der Waals surface area contributed by atoms with Crippen molar-refractivity contribution < 1.29 is 9.47 Å². The molecule has 1 aromatic rings. The van der Waals surface area contributed by atoms with Crippen molar-refractivity contribution >= 4 is 0 Å². The fourth-order valence-electron chi connectivity index (χ4n) is 1.52. The third-order valence-corrected chi connectivity index (χ3v) is 2.73. The first-order chi connectivity index (χ1) is 10.1. The zero-order valence-electron chi connectivity index (χ0n) is 13.2. The molecule has 21 heavy (non-hydrogen) atoms. The number of hydrogen-bond acceptors (Lipinski definition) is 2. The molecule has 1 aromatic carbocycles. The monoisotopic (exact) mass is 284 g/mol. The molecular formula is C19H24O2. The molecule has 0 aliphatic rings. The summed E-state index contributed by atoms with van der Waals surface area (Å²) in [6.07, 6.45) is 3.22. The number of rotatable bonds is 6. The van der Waals surface area contributed by atoms with Gasteiger partial charge in [-0.2, -0.15) is 0 Å². The van der Waals surface area contributed by atoms with Gasteiger partial charge in [-0.15, -0.1) is 5.92 Å². The molecule has 0 aromatic heterocycles.